The van der Waals surface area contributed by atoms with Crippen LogP contribution in [0.2, 0.25) is 0 Å². The molecule has 0 aliphatic carbocycles. The summed E-state index contributed by atoms with van der Waals surface area (Å²) in [5.74, 6) is -0.215. The van der Waals surface area contributed by atoms with Crippen LogP contribution in [0.3, 0.4) is 0 Å². The fraction of sp³-hybridized carbons (Fsp3) is 0.441. The van der Waals surface area contributed by atoms with Crippen LogP contribution in [0.15, 0.2) is 91.0 Å². The zero-order valence-electron chi connectivity index (χ0n) is 23.1. The molecule has 0 aromatic heterocycles. The van der Waals surface area contributed by atoms with E-state index in [2.05, 4.69) is 79.7 Å². The molecular weight excluding hydrogens is 471 g/mol. The van der Waals surface area contributed by atoms with Gasteiger partial charge in [-0.25, -0.2) is 0 Å². The van der Waals surface area contributed by atoms with E-state index in [1.165, 1.54) is 64.2 Å². The van der Waals surface area contributed by atoms with E-state index in [1.807, 2.05) is 18.2 Å². The summed E-state index contributed by atoms with van der Waals surface area (Å²) in [4.78, 5) is 12.9. The molecule has 3 heteroatoms. The van der Waals surface area contributed by atoms with Crippen LogP contribution in [0.5, 0.6) is 0 Å². The number of carbonyl (C=O) groups excluding carboxylic acids is 1. The summed E-state index contributed by atoms with van der Waals surface area (Å²) in [5, 5.41) is 3.39. The van der Waals surface area contributed by atoms with Crippen LogP contribution in [-0.4, -0.2) is 12.1 Å². The second kappa shape index (κ2) is 15.1. The molecule has 0 heterocycles. The minimum atomic E-state index is -3.51. The Bertz CT molecular complexity index is 934. The molecule has 0 bridgehead atoms. The summed E-state index contributed by atoms with van der Waals surface area (Å²) in [7, 11) is 0. The molecule has 3 rings (SSSR count). The number of benzene rings is 3. The Morgan fingerprint density at radius 3 is 1.19 bits per heavy atom. The fourth-order valence-corrected chi connectivity index (χ4v) is 11.7. The van der Waals surface area contributed by atoms with Gasteiger partial charge in [0.1, 0.15) is 0 Å². The van der Waals surface area contributed by atoms with Gasteiger partial charge in [0.05, 0.1) is 0 Å². The van der Waals surface area contributed by atoms with Crippen molar-refractivity contribution in [2.45, 2.75) is 90.9 Å². The van der Waals surface area contributed by atoms with Crippen molar-refractivity contribution in [2.75, 3.05) is 6.16 Å². The molecule has 200 valence electrons. The molecule has 0 aliphatic heterocycles. The minimum absolute atomic E-state index is 0.215. The molecule has 0 spiro atoms. The van der Waals surface area contributed by atoms with Crippen LogP contribution >= 0.6 is 6.83 Å². The van der Waals surface area contributed by atoms with Crippen LogP contribution in [-0.2, 0) is 9.32 Å². The van der Waals surface area contributed by atoms with Gasteiger partial charge in [-0.1, -0.05) is 13.3 Å². The van der Waals surface area contributed by atoms with Gasteiger partial charge in [0, 0.05) is 0 Å². The van der Waals surface area contributed by atoms with Gasteiger partial charge < -0.3 is 0 Å². The summed E-state index contributed by atoms with van der Waals surface area (Å²) in [6, 6.07) is 31.6. The van der Waals surface area contributed by atoms with Gasteiger partial charge in [-0.2, -0.15) is 0 Å². The first-order valence-corrected chi connectivity index (χ1v) is 16.9. The maximum absolute atomic E-state index is 12.9. The van der Waals surface area contributed by atoms with Crippen molar-refractivity contribution in [3.05, 3.63) is 91.0 Å². The first-order valence-electron chi connectivity index (χ1n) is 14.5. The molecule has 0 fully saturated rings. The molecule has 0 N–H and O–H groups in total. The molecule has 37 heavy (non-hydrogen) atoms. The van der Waals surface area contributed by atoms with E-state index in [-0.39, 0.29) is 5.97 Å². The number of hydrogen-bond donors (Lipinski definition) is 0. The van der Waals surface area contributed by atoms with Gasteiger partial charge >= 0.3 is 213 Å². The monoisotopic (exact) mass is 518 g/mol. The first-order chi connectivity index (χ1) is 18.1. The van der Waals surface area contributed by atoms with Crippen molar-refractivity contribution in [3.8, 4) is 0 Å². The average molecular weight is 519 g/mol. The first kappa shape index (κ1) is 29.1. The number of rotatable bonds is 17. The summed E-state index contributed by atoms with van der Waals surface area (Å²) < 4.78 is 6.78. The van der Waals surface area contributed by atoms with Crippen molar-refractivity contribution in [1.29, 1.82) is 0 Å². The van der Waals surface area contributed by atoms with Crippen molar-refractivity contribution in [2.24, 2.45) is 0 Å². The molecule has 3 aromatic carbocycles. The van der Waals surface area contributed by atoms with Crippen LogP contribution in [0.1, 0.15) is 90.9 Å². The Balaban J connectivity index is 1.80. The average Bonchev–Trinajstić information content (AvgIpc) is 2.94. The number of unbranched alkanes of at least 4 members (excludes halogenated alkanes) is 11. The Morgan fingerprint density at radius 2 is 0.865 bits per heavy atom. The Hall–Kier alpha value is -2.44. The Labute approximate surface area is 225 Å². The van der Waals surface area contributed by atoms with E-state index in [0.29, 0.717) is 0 Å². The summed E-state index contributed by atoms with van der Waals surface area (Å²) in [6.45, 7) is 0.341. The predicted molar refractivity (Wildman–Crippen MR) is 163 cm³/mol. The standard InChI is InChI=1S/C34H47O2P/c1-3-4-5-6-7-8-9-10-11-12-13-23-30-37(36-31(2)35,32-24-17-14-18-25-32,33-26-19-15-20-27-33)34-28-21-16-22-29-34/h14-22,24-29H,3-13,23,30H2,1-2H3. The Kier molecular flexibility index (Phi) is 11.9. The molecule has 3 aromatic rings. The third-order valence-corrected chi connectivity index (χ3v) is 13.7. The van der Waals surface area contributed by atoms with E-state index in [0.717, 1.165) is 34.9 Å². The van der Waals surface area contributed by atoms with Crippen molar-refractivity contribution in [1.82, 2.24) is 0 Å². The molecule has 0 saturated carbocycles. The van der Waals surface area contributed by atoms with Gasteiger partial charge in [-0.05, 0) is 0 Å². The van der Waals surface area contributed by atoms with Crippen LogP contribution < -0.4 is 15.9 Å². The molecule has 0 unspecified atom stereocenters. The van der Waals surface area contributed by atoms with Crippen molar-refractivity contribution < 1.29 is 9.32 Å². The molecule has 0 radical (unpaired) electrons. The predicted octanol–water partition coefficient (Wildman–Crippen LogP) is 8.70. The topological polar surface area (TPSA) is 26.3 Å². The molecular formula is C34H47O2P. The fourth-order valence-electron chi connectivity index (χ4n) is 5.81. The second-order valence-electron chi connectivity index (χ2n) is 10.4. The van der Waals surface area contributed by atoms with E-state index >= 15 is 0 Å². The number of hydrogen-bond acceptors (Lipinski definition) is 2. The van der Waals surface area contributed by atoms with Crippen LogP contribution in [0.4, 0.5) is 0 Å². The summed E-state index contributed by atoms with van der Waals surface area (Å²) >= 11 is 0. The molecule has 2 nitrogen and oxygen atoms in total. The molecule has 0 amide bonds. The summed E-state index contributed by atoms with van der Waals surface area (Å²) in [5.41, 5.74) is 0. The van der Waals surface area contributed by atoms with Gasteiger partial charge in [0.2, 0.25) is 0 Å². The second-order valence-corrected chi connectivity index (χ2v) is 15.0. The van der Waals surface area contributed by atoms with Gasteiger partial charge in [-0.15, -0.1) is 0 Å². The van der Waals surface area contributed by atoms with E-state index in [4.69, 9.17) is 4.52 Å². The van der Waals surface area contributed by atoms with Gasteiger partial charge in [-0.3, -0.25) is 0 Å². The third kappa shape index (κ3) is 7.32. The SMILES string of the molecule is CCCCCCCCCCCCCCP(OC(C)=O)(c1ccccc1)(c1ccccc1)c1ccccc1. The quantitative estimate of drug-likeness (QED) is 0.132. The van der Waals surface area contributed by atoms with Crippen molar-refractivity contribution >= 4 is 28.7 Å². The maximum atomic E-state index is 12.9. The Morgan fingerprint density at radius 1 is 0.541 bits per heavy atom. The number of carbonyl (C=O) groups is 1. The van der Waals surface area contributed by atoms with Gasteiger partial charge in [0.15, 0.2) is 0 Å². The third-order valence-electron chi connectivity index (χ3n) is 7.68. The van der Waals surface area contributed by atoms with E-state index in [9.17, 15) is 4.79 Å². The van der Waals surface area contributed by atoms with Crippen LogP contribution in [0, 0.1) is 0 Å². The summed E-state index contributed by atoms with van der Waals surface area (Å²) in [6.07, 6.45) is 16.5. The van der Waals surface area contributed by atoms with Crippen LogP contribution in [0.25, 0.3) is 0 Å². The molecule has 0 saturated heterocycles. The molecule has 0 aliphatic rings. The van der Waals surface area contributed by atoms with E-state index in [1.54, 1.807) is 6.92 Å². The normalized spacial score (nSPS) is 12.5. The van der Waals surface area contributed by atoms with Crippen molar-refractivity contribution in [3.63, 3.8) is 0 Å². The van der Waals surface area contributed by atoms with Gasteiger partial charge in [0.25, 0.3) is 0 Å². The van der Waals surface area contributed by atoms with E-state index < -0.39 is 6.83 Å². The zero-order chi connectivity index (χ0) is 26.3. The molecule has 0 atom stereocenters. The zero-order valence-corrected chi connectivity index (χ0v) is 24.0.